The minimum Gasteiger partial charge on any atom is -0.463 e. The maximum atomic E-state index is 12.2. The van der Waals surface area contributed by atoms with Crippen LogP contribution in [0.2, 0.25) is 5.04 Å². The Labute approximate surface area is 171 Å². The Bertz CT molecular complexity index is 696. The standard InChI is InChI=1S/C24H34O3Si/c1-19(2)27-23(25)20(3)17-18-26-28(24(4,5)6,21-13-9-7-10-14-21)22-15-11-8-12-16-22/h7-16,19-20H,17-18H2,1-6H3. The SMILES string of the molecule is CC(C)OC(=O)C(C)CCO[Si](c1ccccc1)(c1ccccc1)C(C)(C)C. The number of esters is 1. The number of benzene rings is 2. The number of carbonyl (C=O) groups is 1. The molecule has 3 nitrogen and oxygen atoms in total. The summed E-state index contributed by atoms with van der Waals surface area (Å²) in [4.78, 5) is 12.2. The molecule has 0 aliphatic carbocycles. The molecule has 1 atom stereocenters. The largest absolute Gasteiger partial charge is 0.463 e. The van der Waals surface area contributed by atoms with Gasteiger partial charge in [-0.05, 0) is 35.7 Å². The minimum absolute atomic E-state index is 0.0581. The van der Waals surface area contributed by atoms with E-state index < -0.39 is 8.32 Å². The quantitative estimate of drug-likeness (QED) is 0.484. The zero-order chi connectivity index (χ0) is 20.8. The number of ether oxygens (including phenoxy) is 1. The van der Waals surface area contributed by atoms with Crippen molar-refractivity contribution in [3.05, 3.63) is 60.7 Å². The molecular formula is C24H34O3Si. The molecule has 2 rings (SSSR count). The van der Waals surface area contributed by atoms with Crippen LogP contribution in [0.5, 0.6) is 0 Å². The highest BCUT2D eigenvalue weighted by Gasteiger charge is 2.50. The molecule has 0 spiro atoms. The van der Waals surface area contributed by atoms with Crippen molar-refractivity contribution in [1.29, 1.82) is 0 Å². The van der Waals surface area contributed by atoms with E-state index in [2.05, 4.69) is 69.3 Å². The van der Waals surface area contributed by atoms with Crippen LogP contribution in [0.1, 0.15) is 48.0 Å². The lowest BCUT2D eigenvalue weighted by Gasteiger charge is -2.43. The van der Waals surface area contributed by atoms with E-state index >= 15 is 0 Å². The lowest BCUT2D eigenvalue weighted by Crippen LogP contribution is -2.66. The molecule has 28 heavy (non-hydrogen) atoms. The Morgan fingerprint density at radius 3 is 1.75 bits per heavy atom. The van der Waals surface area contributed by atoms with E-state index in [4.69, 9.17) is 9.16 Å². The summed E-state index contributed by atoms with van der Waals surface area (Å²) in [6, 6.07) is 21.1. The zero-order valence-electron chi connectivity index (χ0n) is 18.1. The van der Waals surface area contributed by atoms with Gasteiger partial charge in [-0.15, -0.1) is 0 Å². The van der Waals surface area contributed by atoms with E-state index in [-0.39, 0.29) is 23.0 Å². The van der Waals surface area contributed by atoms with Gasteiger partial charge in [0.05, 0.1) is 12.0 Å². The molecule has 0 N–H and O–H groups in total. The topological polar surface area (TPSA) is 35.5 Å². The monoisotopic (exact) mass is 398 g/mol. The number of rotatable bonds is 8. The highest BCUT2D eigenvalue weighted by molar-refractivity contribution is 6.99. The molecule has 0 fully saturated rings. The summed E-state index contributed by atoms with van der Waals surface area (Å²) >= 11 is 0. The van der Waals surface area contributed by atoms with Gasteiger partial charge in [0.1, 0.15) is 0 Å². The molecular weight excluding hydrogens is 364 g/mol. The third kappa shape index (κ3) is 5.12. The van der Waals surface area contributed by atoms with E-state index in [0.717, 1.165) is 0 Å². The van der Waals surface area contributed by atoms with Crippen LogP contribution >= 0.6 is 0 Å². The summed E-state index contributed by atoms with van der Waals surface area (Å²) in [6.07, 6.45) is 0.559. The summed E-state index contributed by atoms with van der Waals surface area (Å²) in [6.45, 7) is 13.0. The van der Waals surface area contributed by atoms with E-state index in [1.807, 2.05) is 32.9 Å². The molecule has 0 radical (unpaired) electrons. The number of carbonyl (C=O) groups excluding carboxylic acids is 1. The fourth-order valence-corrected chi connectivity index (χ4v) is 8.20. The highest BCUT2D eigenvalue weighted by atomic mass is 28.4. The van der Waals surface area contributed by atoms with Gasteiger partial charge in [0.15, 0.2) is 0 Å². The Balaban J connectivity index is 2.33. The van der Waals surface area contributed by atoms with Gasteiger partial charge in [0.2, 0.25) is 0 Å². The van der Waals surface area contributed by atoms with Crippen molar-refractivity contribution in [2.75, 3.05) is 6.61 Å². The maximum absolute atomic E-state index is 12.2. The van der Waals surface area contributed by atoms with Gasteiger partial charge >= 0.3 is 5.97 Å². The average Bonchev–Trinajstić information content (AvgIpc) is 2.65. The predicted molar refractivity (Wildman–Crippen MR) is 119 cm³/mol. The van der Waals surface area contributed by atoms with Crippen LogP contribution in [-0.4, -0.2) is 27.0 Å². The highest BCUT2D eigenvalue weighted by Crippen LogP contribution is 2.36. The van der Waals surface area contributed by atoms with Gasteiger partial charge in [-0.1, -0.05) is 88.4 Å². The van der Waals surface area contributed by atoms with Gasteiger partial charge in [-0.2, -0.15) is 0 Å². The predicted octanol–water partition coefficient (Wildman–Crippen LogP) is 4.54. The van der Waals surface area contributed by atoms with Gasteiger partial charge in [0, 0.05) is 6.61 Å². The van der Waals surface area contributed by atoms with Gasteiger partial charge < -0.3 is 9.16 Å². The molecule has 2 aromatic carbocycles. The lowest BCUT2D eigenvalue weighted by molar-refractivity contribution is -0.152. The van der Waals surface area contributed by atoms with Crippen molar-refractivity contribution in [2.24, 2.45) is 5.92 Å². The van der Waals surface area contributed by atoms with Crippen molar-refractivity contribution in [3.63, 3.8) is 0 Å². The van der Waals surface area contributed by atoms with E-state index in [1.165, 1.54) is 10.4 Å². The van der Waals surface area contributed by atoms with E-state index in [0.29, 0.717) is 13.0 Å². The van der Waals surface area contributed by atoms with Crippen LogP contribution in [-0.2, 0) is 14.0 Å². The molecule has 1 unspecified atom stereocenters. The van der Waals surface area contributed by atoms with Crippen molar-refractivity contribution >= 4 is 24.7 Å². The van der Waals surface area contributed by atoms with Crippen molar-refractivity contribution in [1.82, 2.24) is 0 Å². The number of hydrogen-bond acceptors (Lipinski definition) is 3. The van der Waals surface area contributed by atoms with Gasteiger partial charge in [-0.3, -0.25) is 4.79 Å². The van der Waals surface area contributed by atoms with Gasteiger partial charge in [-0.25, -0.2) is 0 Å². The average molecular weight is 399 g/mol. The smallest absolute Gasteiger partial charge is 0.308 e. The third-order valence-corrected chi connectivity index (χ3v) is 10.1. The Hall–Kier alpha value is -1.91. The van der Waals surface area contributed by atoms with Crippen molar-refractivity contribution in [2.45, 2.75) is 59.1 Å². The first-order valence-corrected chi connectivity index (χ1v) is 12.0. The van der Waals surface area contributed by atoms with E-state index in [1.54, 1.807) is 0 Å². The second-order valence-electron chi connectivity index (χ2n) is 8.69. The van der Waals surface area contributed by atoms with Crippen molar-refractivity contribution in [3.8, 4) is 0 Å². The Kier molecular flexibility index (Phi) is 7.61. The second kappa shape index (κ2) is 9.53. The fourth-order valence-electron chi connectivity index (χ4n) is 3.62. The van der Waals surface area contributed by atoms with E-state index in [9.17, 15) is 4.79 Å². The summed E-state index contributed by atoms with van der Waals surface area (Å²) in [5, 5.41) is 2.45. The zero-order valence-corrected chi connectivity index (χ0v) is 19.1. The molecule has 0 saturated carbocycles. The summed E-state index contributed by atoms with van der Waals surface area (Å²) in [5.41, 5.74) is 0. The van der Waals surface area contributed by atoms with Crippen molar-refractivity contribution < 1.29 is 14.0 Å². The molecule has 0 saturated heterocycles. The summed E-state index contributed by atoms with van der Waals surface area (Å²) in [7, 11) is -2.54. The van der Waals surface area contributed by atoms with Crippen LogP contribution in [0.3, 0.4) is 0 Å². The first-order chi connectivity index (χ1) is 13.2. The maximum Gasteiger partial charge on any atom is 0.308 e. The first kappa shape index (κ1) is 22.4. The van der Waals surface area contributed by atoms with Crippen LogP contribution in [0.4, 0.5) is 0 Å². The molecule has 4 heteroatoms. The molecule has 0 amide bonds. The normalized spacial score (nSPS) is 13.4. The lowest BCUT2D eigenvalue weighted by atomic mass is 10.1. The molecule has 0 aliphatic rings. The van der Waals surface area contributed by atoms with Crippen LogP contribution < -0.4 is 10.4 Å². The van der Waals surface area contributed by atoms with Crippen LogP contribution in [0.15, 0.2) is 60.7 Å². The molecule has 0 aromatic heterocycles. The fraction of sp³-hybridized carbons (Fsp3) is 0.458. The summed E-state index contributed by atoms with van der Waals surface area (Å²) < 4.78 is 12.2. The molecule has 0 aliphatic heterocycles. The summed E-state index contributed by atoms with van der Waals surface area (Å²) in [5.74, 6) is -0.332. The second-order valence-corrected chi connectivity index (χ2v) is 13.0. The molecule has 2 aromatic rings. The number of hydrogen-bond donors (Lipinski definition) is 0. The molecule has 0 bridgehead atoms. The minimum atomic E-state index is -2.54. The van der Waals surface area contributed by atoms with Gasteiger partial charge in [0.25, 0.3) is 8.32 Å². The third-order valence-electron chi connectivity index (χ3n) is 5.04. The Morgan fingerprint density at radius 2 is 1.36 bits per heavy atom. The van der Waals surface area contributed by atoms with Crippen LogP contribution in [0.25, 0.3) is 0 Å². The molecule has 0 heterocycles. The Morgan fingerprint density at radius 1 is 0.893 bits per heavy atom. The van der Waals surface area contributed by atoms with Crippen LogP contribution in [0, 0.1) is 5.92 Å². The molecule has 152 valence electrons. The first-order valence-electron chi connectivity index (χ1n) is 10.1.